The van der Waals surface area contributed by atoms with Crippen LogP contribution in [0.3, 0.4) is 0 Å². The second-order valence-corrected chi connectivity index (χ2v) is 5.76. The van der Waals surface area contributed by atoms with Gasteiger partial charge in [-0.3, -0.25) is 9.59 Å². The summed E-state index contributed by atoms with van der Waals surface area (Å²) in [5.74, 6) is -1.15. The lowest BCUT2D eigenvalue weighted by atomic mass is 10.2. The molecular weight excluding hydrogens is 280 g/mol. The molecule has 1 aromatic heterocycles. The lowest BCUT2D eigenvalue weighted by Gasteiger charge is -2.07. The van der Waals surface area contributed by atoms with E-state index in [1.165, 1.54) is 12.1 Å². The number of nitrogens with one attached hydrogen (secondary N) is 2. The van der Waals surface area contributed by atoms with Gasteiger partial charge in [-0.2, -0.15) is 0 Å². The van der Waals surface area contributed by atoms with Crippen molar-refractivity contribution in [3.8, 4) is 0 Å². The summed E-state index contributed by atoms with van der Waals surface area (Å²) in [6.45, 7) is 4.83. The highest BCUT2D eigenvalue weighted by atomic mass is 32.1. The quantitative estimate of drug-likeness (QED) is 0.708. The van der Waals surface area contributed by atoms with Crippen molar-refractivity contribution in [1.29, 1.82) is 0 Å². The summed E-state index contributed by atoms with van der Waals surface area (Å²) in [7, 11) is 0. The molecule has 0 bridgehead atoms. The van der Waals surface area contributed by atoms with Crippen LogP contribution in [0.15, 0.2) is 12.1 Å². The second kappa shape index (κ2) is 7.64. The molecule has 20 heavy (non-hydrogen) atoms. The highest BCUT2D eigenvalue weighted by Crippen LogP contribution is 2.16. The summed E-state index contributed by atoms with van der Waals surface area (Å²) in [5, 5.41) is 14.1. The number of amides is 2. The molecule has 0 radical (unpaired) electrons. The summed E-state index contributed by atoms with van der Waals surface area (Å²) < 4.78 is 0. The van der Waals surface area contributed by atoms with Crippen LogP contribution in [0.25, 0.3) is 0 Å². The predicted molar refractivity (Wildman–Crippen MR) is 76.1 cm³/mol. The fraction of sp³-hybridized carbons (Fsp3) is 0.462. The second-order valence-electron chi connectivity index (χ2n) is 4.67. The minimum atomic E-state index is -1.05. The number of carbonyl (C=O) groups is 3. The molecule has 0 saturated heterocycles. The van der Waals surface area contributed by atoms with Crippen molar-refractivity contribution in [2.45, 2.75) is 20.3 Å². The Balaban J connectivity index is 2.32. The van der Waals surface area contributed by atoms with Crippen LogP contribution in [0.1, 0.15) is 39.6 Å². The van der Waals surface area contributed by atoms with Gasteiger partial charge in [0.1, 0.15) is 4.88 Å². The molecule has 0 spiro atoms. The largest absolute Gasteiger partial charge is 0.477 e. The zero-order valence-corrected chi connectivity index (χ0v) is 12.3. The summed E-state index contributed by atoms with van der Waals surface area (Å²) in [6.07, 6.45) is 0.204. The van der Waals surface area contributed by atoms with E-state index in [9.17, 15) is 14.4 Å². The first-order valence-electron chi connectivity index (χ1n) is 6.28. The van der Waals surface area contributed by atoms with Crippen LogP contribution in [-0.2, 0) is 4.79 Å². The molecule has 2 amide bonds. The summed E-state index contributed by atoms with van der Waals surface area (Å²) >= 11 is 0.910. The Morgan fingerprint density at radius 3 is 2.40 bits per heavy atom. The third-order valence-electron chi connectivity index (χ3n) is 2.39. The van der Waals surface area contributed by atoms with Gasteiger partial charge in [-0.1, -0.05) is 13.8 Å². The van der Waals surface area contributed by atoms with Crippen LogP contribution in [-0.4, -0.2) is 36.0 Å². The van der Waals surface area contributed by atoms with Crippen molar-refractivity contribution in [2.75, 3.05) is 13.1 Å². The molecule has 1 rings (SSSR count). The molecule has 0 aliphatic carbocycles. The van der Waals surface area contributed by atoms with Gasteiger partial charge in [-0.25, -0.2) is 4.79 Å². The Labute approximate surface area is 121 Å². The topological polar surface area (TPSA) is 95.5 Å². The SMILES string of the molecule is CC(C)CNC(=O)CCNC(=O)c1ccc(C(=O)O)s1. The molecule has 0 aliphatic rings. The molecule has 3 N–H and O–H groups in total. The van der Waals surface area contributed by atoms with Gasteiger partial charge in [0.25, 0.3) is 5.91 Å². The first-order valence-corrected chi connectivity index (χ1v) is 7.10. The number of hydrogen-bond acceptors (Lipinski definition) is 4. The maximum absolute atomic E-state index is 11.7. The zero-order chi connectivity index (χ0) is 15.1. The van der Waals surface area contributed by atoms with Gasteiger partial charge in [0.05, 0.1) is 4.88 Å². The minimum absolute atomic E-state index is 0.114. The van der Waals surface area contributed by atoms with E-state index in [0.717, 1.165) is 11.3 Å². The first kappa shape index (κ1) is 16.2. The van der Waals surface area contributed by atoms with Gasteiger partial charge in [0.15, 0.2) is 0 Å². The molecule has 1 heterocycles. The normalized spacial score (nSPS) is 10.3. The van der Waals surface area contributed by atoms with Crippen LogP contribution in [0.2, 0.25) is 0 Å². The van der Waals surface area contributed by atoms with E-state index in [0.29, 0.717) is 17.3 Å². The summed E-state index contributed by atoms with van der Waals surface area (Å²) in [6, 6.07) is 2.85. The first-order chi connectivity index (χ1) is 9.40. The van der Waals surface area contributed by atoms with E-state index < -0.39 is 5.97 Å². The van der Waals surface area contributed by atoms with Crippen molar-refractivity contribution in [2.24, 2.45) is 5.92 Å². The lowest BCUT2D eigenvalue weighted by molar-refractivity contribution is -0.121. The molecule has 0 aromatic carbocycles. The van der Waals surface area contributed by atoms with E-state index in [4.69, 9.17) is 5.11 Å². The van der Waals surface area contributed by atoms with Crippen LogP contribution in [0, 0.1) is 5.92 Å². The van der Waals surface area contributed by atoms with Gasteiger partial charge in [-0.15, -0.1) is 11.3 Å². The Morgan fingerprint density at radius 1 is 1.20 bits per heavy atom. The van der Waals surface area contributed by atoms with Gasteiger partial charge >= 0.3 is 5.97 Å². The molecule has 6 nitrogen and oxygen atoms in total. The molecule has 0 fully saturated rings. The summed E-state index contributed by atoms with van der Waals surface area (Å²) in [4.78, 5) is 34.3. The monoisotopic (exact) mass is 298 g/mol. The van der Waals surface area contributed by atoms with Gasteiger partial charge in [-0.05, 0) is 18.1 Å². The molecule has 0 aliphatic heterocycles. The Kier molecular flexibility index (Phi) is 6.17. The van der Waals surface area contributed by atoms with Crippen LogP contribution in [0.4, 0.5) is 0 Å². The zero-order valence-electron chi connectivity index (χ0n) is 11.4. The van der Waals surface area contributed by atoms with E-state index in [1.54, 1.807) is 0 Å². The summed E-state index contributed by atoms with van der Waals surface area (Å²) in [5.41, 5.74) is 0. The fourth-order valence-electron chi connectivity index (χ4n) is 1.36. The number of rotatable bonds is 7. The van der Waals surface area contributed by atoms with E-state index in [1.807, 2.05) is 13.8 Å². The van der Waals surface area contributed by atoms with Crippen LogP contribution >= 0.6 is 11.3 Å². The number of carboxylic acids is 1. The lowest BCUT2D eigenvalue weighted by Crippen LogP contribution is -2.32. The van der Waals surface area contributed by atoms with Gasteiger partial charge in [0.2, 0.25) is 5.91 Å². The van der Waals surface area contributed by atoms with Crippen molar-refractivity contribution in [3.63, 3.8) is 0 Å². The maximum atomic E-state index is 11.7. The molecule has 1 aromatic rings. The van der Waals surface area contributed by atoms with Crippen LogP contribution < -0.4 is 10.6 Å². The Hall–Kier alpha value is -1.89. The molecule has 0 unspecified atom stereocenters. The number of aromatic carboxylic acids is 1. The molecular formula is C13H18N2O4S. The number of hydrogen-bond donors (Lipinski definition) is 3. The maximum Gasteiger partial charge on any atom is 0.345 e. The van der Waals surface area contributed by atoms with E-state index in [2.05, 4.69) is 10.6 Å². The molecule has 7 heteroatoms. The smallest absolute Gasteiger partial charge is 0.345 e. The minimum Gasteiger partial charge on any atom is -0.477 e. The molecule has 110 valence electrons. The van der Waals surface area contributed by atoms with Gasteiger partial charge < -0.3 is 15.7 Å². The average molecular weight is 298 g/mol. The Morgan fingerprint density at radius 2 is 1.85 bits per heavy atom. The van der Waals surface area contributed by atoms with Gasteiger partial charge in [0, 0.05) is 19.5 Å². The van der Waals surface area contributed by atoms with E-state index >= 15 is 0 Å². The Bertz CT molecular complexity index is 496. The number of carbonyl (C=O) groups excluding carboxylic acids is 2. The predicted octanol–water partition coefficient (Wildman–Crippen LogP) is 1.34. The van der Waals surface area contributed by atoms with Crippen LogP contribution in [0.5, 0.6) is 0 Å². The van der Waals surface area contributed by atoms with Crippen molar-refractivity contribution in [1.82, 2.24) is 10.6 Å². The number of thiophene rings is 1. The van der Waals surface area contributed by atoms with Crippen molar-refractivity contribution >= 4 is 29.1 Å². The third kappa shape index (κ3) is 5.40. The van der Waals surface area contributed by atoms with Crippen molar-refractivity contribution in [3.05, 3.63) is 21.9 Å². The standard InChI is InChI=1S/C13H18N2O4S/c1-8(2)7-15-11(16)5-6-14-12(17)9-3-4-10(20-9)13(18)19/h3-4,8H,5-7H2,1-2H3,(H,14,17)(H,15,16)(H,18,19). The number of carboxylic acid groups (broad SMARTS) is 1. The third-order valence-corrected chi connectivity index (χ3v) is 3.46. The molecule has 0 atom stereocenters. The van der Waals surface area contributed by atoms with Crippen molar-refractivity contribution < 1.29 is 19.5 Å². The highest BCUT2D eigenvalue weighted by molar-refractivity contribution is 7.15. The molecule has 0 saturated carbocycles. The fourth-order valence-corrected chi connectivity index (χ4v) is 2.12. The van der Waals surface area contributed by atoms with E-state index in [-0.39, 0.29) is 29.7 Å². The average Bonchev–Trinajstić information content (AvgIpc) is 2.86. The highest BCUT2D eigenvalue weighted by Gasteiger charge is 2.12.